The Labute approximate surface area is 123 Å². The first-order chi connectivity index (χ1) is 9.13. The van der Waals surface area contributed by atoms with Gasteiger partial charge in [-0.05, 0) is 18.2 Å². The topological polar surface area (TPSA) is 47.6 Å². The van der Waals surface area contributed by atoms with E-state index in [1.807, 2.05) is 6.07 Å². The van der Waals surface area contributed by atoms with Gasteiger partial charge in [0.05, 0.1) is 24.8 Å². The van der Waals surface area contributed by atoms with Crippen molar-refractivity contribution in [2.24, 2.45) is 0 Å². The van der Waals surface area contributed by atoms with Crippen molar-refractivity contribution >= 4 is 38.9 Å². The highest BCUT2D eigenvalue weighted by Gasteiger charge is 2.12. The van der Waals surface area contributed by atoms with Gasteiger partial charge in [-0.3, -0.25) is 4.79 Å². The van der Waals surface area contributed by atoms with E-state index in [2.05, 4.69) is 21.2 Å². The van der Waals surface area contributed by atoms with Crippen molar-refractivity contribution in [2.45, 2.75) is 0 Å². The standard InChI is InChI=1S/C13H12BrNO3S/c1-17-9-6-12(19-7-9)13(16)15-10-5-8(14)3-4-11(10)18-2/h3-7H,1-2H3,(H,15,16). The summed E-state index contributed by atoms with van der Waals surface area (Å²) in [5.74, 6) is 1.10. The Hall–Kier alpha value is -1.53. The van der Waals surface area contributed by atoms with E-state index in [0.717, 1.165) is 4.47 Å². The molecular formula is C13H12BrNO3S. The molecule has 0 saturated carbocycles. The van der Waals surface area contributed by atoms with Crippen molar-refractivity contribution in [3.63, 3.8) is 0 Å². The van der Waals surface area contributed by atoms with Crippen LogP contribution in [0.25, 0.3) is 0 Å². The summed E-state index contributed by atoms with van der Waals surface area (Å²) < 4.78 is 11.1. The second-order valence-electron chi connectivity index (χ2n) is 3.65. The molecule has 1 aromatic carbocycles. The fourth-order valence-electron chi connectivity index (χ4n) is 1.51. The summed E-state index contributed by atoms with van der Waals surface area (Å²) in [6.07, 6.45) is 0. The van der Waals surface area contributed by atoms with Gasteiger partial charge in [0.2, 0.25) is 0 Å². The predicted octanol–water partition coefficient (Wildman–Crippen LogP) is 3.78. The first-order valence-corrected chi connectivity index (χ1v) is 7.08. The molecule has 6 heteroatoms. The van der Waals surface area contributed by atoms with Crippen molar-refractivity contribution in [1.29, 1.82) is 0 Å². The zero-order chi connectivity index (χ0) is 13.8. The molecule has 2 aromatic rings. The Morgan fingerprint density at radius 1 is 1.26 bits per heavy atom. The van der Waals surface area contributed by atoms with Crippen LogP contribution in [0.4, 0.5) is 5.69 Å². The van der Waals surface area contributed by atoms with Gasteiger partial charge in [-0.1, -0.05) is 15.9 Å². The fraction of sp³-hybridized carbons (Fsp3) is 0.154. The van der Waals surface area contributed by atoms with Gasteiger partial charge in [0, 0.05) is 15.9 Å². The third-order valence-corrected chi connectivity index (χ3v) is 3.85. The maximum Gasteiger partial charge on any atom is 0.265 e. The predicted molar refractivity (Wildman–Crippen MR) is 79.5 cm³/mol. The highest BCUT2D eigenvalue weighted by atomic mass is 79.9. The molecule has 0 atom stereocenters. The van der Waals surface area contributed by atoms with Crippen LogP contribution in [0.3, 0.4) is 0 Å². The summed E-state index contributed by atoms with van der Waals surface area (Å²) in [7, 11) is 3.13. The van der Waals surface area contributed by atoms with Gasteiger partial charge in [0.25, 0.3) is 5.91 Å². The van der Waals surface area contributed by atoms with Gasteiger partial charge in [0.1, 0.15) is 11.5 Å². The summed E-state index contributed by atoms with van der Waals surface area (Å²) in [6, 6.07) is 7.13. The molecule has 0 aliphatic heterocycles. The van der Waals surface area contributed by atoms with Crippen LogP contribution < -0.4 is 14.8 Å². The van der Waals surface area contributed by atoms with Crippen molar-refractivity contribution in [3.8, 4) is 11.5 Å². The number of thiophene rings is 1. The Kier molecular flexibility index (Phi) is 4.44. The number of nitrogens with one attached hydrogen (secondary N) is 1. The molecule has 19 heavy (non-hydrogen) atoms. The molecule has 0 bridgehead atoms. The Bertz CT molecular complexity index is 597. The van der Waals surface area contributed by atoms with E-state index in [1.54, 1.807) is 37.8 Å². The van der Waals surface area contributed by atoms with Crippen LogP contribution in [0.1, 0.15) is 9.67 Å². The summed E-state index contributed by atoms with van der Waals surface area (Å²) >= 11 is 4.69. The van der Waals surface area contributed by atoms with Gasteiger partial charge >= 0.3 is 0 Å². The second-order valence-corrected chi connectivity index (χ2v) is 5.48. The second kappa shape index (κ2) is 6.08. The zero-order valence-electron chi connectivity index (χ0n) is 10.4. The summed E-state index contributed by atoms with van der Waals surface area (Å²) in [4.78, 5) is 12.7. The van der Waals surface area contributed by atoms with E-state index >= 15 is 0 Å². The maximum atomic E-state index is 12.1. The lowest BCUT2D eigenvalue weighted by Gasteiger charge is -2.09. The van der Waals surface area contributed by atoms with Crippen LogP contribution in [-0.2, 0) is 0 Å². The molecular weight excluding hydrogens is 330 g/mol. The smallest absolute Gasteiger partial charge is 0.265 e. The zero-order valence-corrected chi connectivity index (χ0v) is 12.8. The van der Waals surface area contributed by atoms with E-state index in [4.69, 9.17) is 9.47 Å². The van der Waals surface area contributed by atoms with Crippen molar-refractivity contribution in [3.05, 3.63) is 39.0 Å². The third kappa shape index (κ3) is 3.27. The lowest BCUT2D eigenvalue weighted by Crippen LogP contribution is -2.11. The van der Waals surface area contributed by atoms with E-state index in [1.165, 1.54) is 11.3 Å². The molecule has 0 saturated heterocycles. The minimum atomic E-state index is -0.190. The Morgan fingerprint density at radius 2 is 2.05 bits per heavy atom. The number of amides is 1. The van der Waals surface area contributed by atoms with Crippen LogP contribution in [0.5, 0.6) is 11.5 Å². The molecule has 0 aliphatic rings. The number of anilines is 1. The van der Waals surface area contributed by atoms with E-state index < -0.39 is 0 Å². The largest absolute Gasteiger partial charge is 0.496 e. The number of methoxy groups -OCH3 is 2. The molecule has 2 rings (SSSR count). The molecule has 0 radical (unpaired) electrons. The first kappa shape index (κ1) is 13.9. The van der Waals surface area contributed by atoms with Crippen molar-refractivity contribution < 1.29 is 14.3 Å². The Balaban J connectivity index is 2.20. The first-order valence-electron chi connectivity index (χ1n) is 5.41. The number of benzene rings is 1. The minimum Gasteiger partial charge on any atom is -0.496 e. The average Bonchev–Trinajstić information content (AvgIpc) is 2.88. The summed E-state index contributed by atoms with van der Waals surface area (Å²) in [5, 5.41) is 4.60. The van der Waals surface area contributed by atoms with Crippen LogP contribution >= 0.6 is 27.3 Å². The van der Waals surface area contributed by atoms with E-state index in [0.29, 0.717) is 22.1 Å². The normalized spacial score (nSPS) is 10.1. The fourth-order valence-corrected chi connectivity index (χ4v) is 2.62. The van der Waals surface area contributed by atoms with Gasteiger partial charge in [0.15, 0.2) is 0 Å². The maximum absolute atomic E-state index is 12.1. The summed E-state index contributed by atoms with van der Waals surface area (Å²) in [6.45, 7) is 0. The number of hydrogen-bond acceptors (Lipinski definition) is 4. The summed E-state index contributed by atoms with van der Waals surface area (Å²) in [5.41, 5.74) is 0.620. The van der Waals surface area contributed by atoms with Crippen molar-refractivity contribution in [1.82, 2.24) is 0 Å². The lowest BCUT2D eigenvalue weighted by atomic mass is 10.3. The molecule has 1 N–H and O–H groups in total. The van der Waals surface area contributed by atoms with Crippen LogP contribution in [0.15, 0.2) is 34.1 Å². The molecule has 1 aromatic heterocycles. The van der Waals surface area contributed by atoms with Gasteiger partial charge in [-0.2, -0.15) is 0 Å². The van der Waals surface area contributed by atoms with Crippen molar-refractivity contribution in [2.75, 3.05) is 19.5 Å². The van der Waals surface area contributed by atoms with Gasteiger partial charge in [-0.25, -0.2) is 0 Å². The van der Waals surface area contributed by atoms with E-state index in [-0.39, 0.29) is 5.91 Å². The highest BCUT2D eigenvalue weighted by molar-refractivity contribution is 9.10. The average molecular weight is 342 g/mol. The number of halogens is 1. The molecule has 0 unspecified atom stereocenters. The monoisotopic (exact) mass is 341 g/mol. The molecule has 100 valence electrons. The molecule has 1 amide bonds. The molecule has 0 fully saturated rings. The lowest BCUT2D eigenvalue weighted by molar-refractivity contribution is 0.103. The number of ether oxygens (including phenoxy) is 2. The van der Waals surface area contributed by atoms with Crippen LogP contribution in [0.2, 0.25) is 0 Å². The highest BCUT2D eigenvalue weighted by Crippen LogP contribution is 2.29. The molecule has 0 aliphatic carbocycles. The Morgan fingerprint density at radius 3 is 2.68 bits per heavy atom. The third-order valence-electron chi connectivity index (χ3n) is 2.44. The van der Waals surface area contributed by atoms with Gasteiger partial charge < -0.3 is 14.8 Å². The van der Waals surface area contributed by atoms with Crippen LogP contribution in [0, 0.1) is 0 Å². The number of carbonyl (C=O) groups is 1. The minimum absolute atomic E-state index is 0.190. The number of carbonyl (C=O) groups excluding carboxylic acids is 1. The molecule has 0 spiro atoms. The number of rotatable bonds is 4. The van der Waals surface area contributed by atoms with E-state index in [9.17, 15) is 4.79 Å². The van der Waals surface area contributed by atoms with Gasteiger partial charge in [-0.15, -0.1) is 11.3 Å². The molecule has 1 heterocycles. The SMILES string of the molecule is COc1csc(C(=O)Nc2cc(Br)ccc2OC)c1. The quantitative estimate of drug-likeness (QED) is 0.920. The number of hydrogen-bond donors (Lipinski definition) is 1. The van der Waals surface area contributed by atoms with Crippen LogP contribution in [-0.4, -0.2) is 20.1 Å². The molecule has 4 nitrogen and oxygen atoms in total.